The first-order chi connectivity index (χ1) is 8.64. The summed E-state index contributed by atoms with van der Waals surface area (Å²) in [5.74, 6) is 0.716. The molecule has 1 saturated heterocycles. The Balaban J connectivity index is 2.02. The van der Waals surface area contributed by atoms with Crippen molar-refractivity contribution in [2.75, 3.05) is 0 Å². The van der Waals surface area contributed by atoms with Crippen LogP contribution in [0.5, 0.6) is 0 Å². The van der Waals surface area contributed by atoms with E-state index in [-0.39, 0.29) is 33.0 Å². The summed E-state index contributed by atoms with van der Waals surface area (Å²) in [7, 11) is -3.15. The second-order valence-corrected chi connectivity index (χ2v) is 10.9. The Morgan fingerprint density at radius 2 is 1.95 bits per heavy atom. The van der Waals surface area contributed by atoms with Crippen molar-refractivity contribution in [1.29, 1.82) is 0 Å². The second-order valence-electron chi connectivity index (χ2n) is 7.08. The maximum atomic E-state index is 12.8. The Bertz CT molecular complexity index is 485. The molecule has 6 unspecified atom stereocenters. The van der Waals surface area contributed by atoms with Gasteiger partial charge in [0.05, 0.1) is 17.4 Å². The Morgan fingerprint density at radius 3 is 2.47 bits per heavy atom. The van der Waals surface area contributed by atoms with Gasteiger partial charge in [-0.1, -0.05) is 22.6 Å². The van der Waals surface area contributed by atoms with Gasteiger partial charge >= 0.3 is 0 Å². The van der Waals surface area contributed by atoms with Gasteiger partial charge in [0.25, 0.3) is 0 Å². The molecule has 0 aromatic carbocycles. The van der Waals surface area contributed by atoms with Crippen molar-refractivity contribution >= 4 is 32.6 Å². The van der Waals surface area contributed by atoms with Gasteiger partial charge in [-0.15, -0.1) is 0 Å². The summed E-state index contributed by atoms with van der Waals surface area (Å²) in [4.78, 5) is 0. The van der Waals surface area contributed by atoms with Crippen LogP contribution in [0, 0.1) is 11.8 Å². The molecule has 1 heterocycles. The fraction of sp³-hybridized carbons (Fsp3) is 1.00. The minimum absolute atomic E-state index is 0.0611. The Labute approximate surface area is 129 Å². The number of alkyl halides is 1. The monoisotopic (exact) mass is 399 g/mol. The van der Waals surface area contributed by atoms with Crippen LogP contribution in [-0.2, 0) is 14.8 Å². The predicted octanol–water partition coefficient (Wildman–Crippen LogP) is 2.37. The first kappa shape index (κ1) is 14.5. The summed E-state index contributed by atoms with van der Waals surface area (Å²) >= 11 is 2.26. The van der Waals surface area contributed by atoms with Gasteiger partial charge in [0.15, 0.2) is 0 Å². The number of rotatable bonds is 2. The van der Waals surface area contributed by atoms with Gasteiger partial charge in [-0.2, -0.15) is 4.31 Å². The highest BCUT2D eigenvalue weighted by Crippen LogP contribution is 2.58. The summed E-state index contributed by atoms with van der Waals surface area (Å²) < 4.78 is 33.5. The third-order valence-electron chi connectivity index (χ3n) is 4.76. The molecule has 2 aliphatic carbocycles. The number of nitrogens with zero attached hydrogens (tertiary/aromatic N) is 1. The van der Waals surface area contributed by atoms with Crippen molar-refractivity contribution < 1.29 is 13.2 Å². The van der Waals surface area contributed by atoms with E-state index in [9.17, 15) is 8.42 Å². The number of fused-ring (bicyclic) bond motifs is 1. The van der Waals surface area contributed by atoms with Crippen LogP contribution < -0.4 is 0 Å². The van der Waals surface area contributed by atoms with Crippen LogP contribution in [-0.4, -0.2) is 39.8 Å². The van der Waals surface area contributed by atoms with E-state index in [2.05, 4.69) is 22.6 Å². The SMILES string of the molecule is CC(I)OC1C2CC3C1N(C(C)(C)C)S(=O)(=O)C3C2. The van der Waals surface area contributed by atoms with Gasteiger partial charge in [0, 0.05) is 5.54 Å². The lowest BCUT2D eigenvalue weighted by atomic mass is 9.90. The molecule has 0 aromatic rings. The van der Waals surface area contributed by atoms with Crippen LogP contribution in [0.4, 0.5) is 0 Å². The van der Waals surface area contributed by atoms with Crippen LogP contribution in [0.15, 0.2) is 0 Å². The molecule has 0 N–H and O–H groups in total. The second kappa shape index (κ2) is 4.30. The lowest BCUT2D eigenvalue weighted by Crippen LogP contribution is -2.52. The van der Waals surface area contributed by atoms with Crippen LogP contribution in [0.25, 0.3) is 0 Å². The van der Waals surface area contributed by atoms with E-state index in [4.69, 9.17) is 4.74 Å². The molecule has 0 spiro atoms. The molecule has 19 heavy (non-hydrogen) atoms. The highest BCUT2D eigenvalue weighted by molar-refractivity contribution is 14.1. The van der Waals surface area contributed by atoms with Crippen LogP contribution in [0.1, 0.15) is 40.5 Å². The standard InChI is InChI=1S/C13H22INO3S/c1-7(14)18-12-8-5-9-10(6-8)19(16,17)15(11(9)12)13(2,3)4/h7-12H,5-6H2,1-4H3. The zero-order valence-electron chi connectivity index (χ0n) is 11.8. The molecule has 6 atom stereocenters. The highest BCUT2D eigenvalue weighted by Gasteiger charge is 2.68. The first-order valence-corrected chi connectivity index (χ1v) is 9.72. The zero-order chi connectivity index (χ0) is 14.2. The van der Waals surface area contributed by atoms with Gasteiger partial charge in [0.2, 0.25) is 10.0 Å². The van der Waals surface area contributed by atoms with Crippen molar-refractivity contribution in [3.05, 3.63) is 0 Å². The van der Waals surface area contributed by atoms with Gasteiger partial charge in [-0.25, -0.2) is 8.42 Å². The van der Waals surface area contributed by atoms with Crippen LogP contribution in [0.3, 0.4) is 0 Å². The number of hydrogen-bond donors (Lipinski definition) is 0. The van der Waals surface area contributed by atoms with E-state index in [1.54, 1.807) is 4.31 Å². The van der Waals surface area contributed by atoms with Crippen molar-refractivity contribution in [2.24, 2.45) is 11.8 Å². The average molecular weight is 399 g/mol. The Hall–Kier alpha value is 0.600. The molecule has 2 bridgehead atoms. The smallest absolute Gasteiger partial charge is 0.218 e. The molecule has 3 aliphatic rings. The summed E-state index contributed by atoms with van der Waals surface area (Å²) in [5.41, 5.74) is -0.355. The number of sulfonamides is 1. The molecule has 0 aromatic heterocycles. The lowest BCUT2D eigenvalue weighted by molar-refractivity contribution is -0.0276. The van der Waals surface area contributed by atoms with Gasteiger partial charge in [0.1, 0.15) is 4.11 Å². The summed E-state index contributed by atoms with van der Waals surface area (Å²) in [6, 6.07) is 0.0611. The minimum Gasteiger partial charge on any atom is -0.363 e. The van der Waals surface area contributed by atoms with E-state index >= 15 is 0 Å². The molecule has 4 nitrogen and oxygen atoms in total. The molecule has 1 aliphatic heterocycles. The predicted molar refractivity (Wildman–Crippen MR) is 82.7 cm³/mol. The van der Waals surface area contributed by atoms with Crippen molar-refractivity contribution in [3.63, 3.8) is 0 Å². The average Bonchev–Trinajstić information content (AvgIpc) is 2.78. The molecule has 110 valence electrons. The molecular formula is C13H22INO3S. The minimum atomic E-state index is -3.15. The van der Waals surface area contributed by atoms with E-state index < -0.39 is 10.0 Å². The van der Waals surface area contributed by atoms with Gasteiger partial charge in [-0.3, -0.25) is 0 Å². The fourth-order valence-electron chi connectivity index (χ4n) is 4.42. The fourth-order valence-corrected chi connectivity index (χ4v) is 7.64. The molecule has 3 fully saturated rings. The van der Waals surface area contributed by atoms with Crippen LogP contribution in [0.2, 0.25) is 0 Å². The topological polar surface area (TPSA) is 46.6 Å². The summed E-state index contributed by atoms with van der Waals surface area (Å²) in [6.07, 6.45) is 1.91. The van der Waals surface area contributed by atoms with Crippen LogP contribution >= 0.6 is 22.6 Å². The largest absolute Gasteiger partial charge is 0.363 e. The lowest BCUT2D eigenvalue weighted by Gasteiger charge is -2.38. The zero-order valence-corrected chi connectivity index (χ0v) is 14.8. The molecule has 0 radical (unpaired) electrons. The van der Waals surface area contributed by atoms with Gasteiger partial charge < -0.3 is 4.74 Å². The molecule has 3 rings (SSSR count). The maximum Gasteiger partial charge on any atom is 0.218 e. The summed E-state index contributed by atoms with van der Waals surface area (Å²) in [5, 5.41) is -0.147. The Kier molecular flexibility index (Phi) is 3.29. The normalized spacial score (nSPS) is 45.8. The maximum absolute atomic E-state index is 12.8. The van der Waals surface area contributed by atoms with E-state index in [1.165, 1.54) is 0 Å². The number of hydrogen-bond acceptors (Lipinski definition) is 3. The third kappa shape index (κ3) is 2.00. The Morgan fingerprint density at radius 1 is 1.32 bits per heavy atom. The quantitative estimate of drug-likeness (QED) is 0.529. The number of halogens is 1. The summed E-state index contributed by atoms with van der Waals surface area (Å²) in [6.45, 7) is 8.00. The molecule has 2 saturated carbocycles. The van der Waals surface area contributed by atoms with E-state index in [0.29, 0.717) is 5.92 Å². The number of ether oxygens (including phenoxy) is 1. The molecule has 0 amide bonds. The molecule has 6 heteroatoms. The van der Waals surface area contributed by atoms with Crippen molar-refractivity contribution in [2.45, 2.75) is 67.6 Å². The first-order valence-electron chi connectivity index (χ1n) is 6.97. The van der Waals surface area contributed by atoms with E-state index in [1.807, 2.05) is 27.7 Å². The highest BCUT2D eigenvalue weighted by atomic mass is 127. The van der Waals surface area contributed by atoms with E-state index in [0.717, 1.165) is 12.8 Å². The van der Waals surface area contributed by atoms with Gasteiger partial charge in [-0.05, 0) is 52.4 Å². The third-order valence-corrected chi connectivity index (χ3v) is 7.70. The van der Waals surface area contributed by atoms with Crippen molar-refractivity contribution in [1.82, 2.24) is 4.31 Å². The van der Waals surface area contributed by atoms with Crippen molar-refractivity contribution in [3.8, 4) is 0 Å². The molecular weight excluding hydrogens is 377 g/mol.